The van der Waals surface area contributed by atoms with E-state index >= 15 is 0 Å². The number of rotatable bonds is 9. The molecule has 0 aliphatic carbocycles. The van der Waals surface area contributed by atoms with Crippen LogP contribution in [0.25, 0.3) is 0 Å². The Bertz CT molecular complexity index is 401. The van der Waals surface area contributed by atoms with Crippen molar-refractivity contribution in [3.63, 3.8) is 0 Å². The Labute approximate surface area is 129 Å². The maximum atomic E-state index is 12.4. The van der Waals surface area contributed by atoms with Crippen molar-refractivity contribution >= 4 is 5.91 Å². The zero-order valence-corrected chi connectivity index (χ0v) is 13.6. The van der Waals surface area contributed by atoms with Gasteiger partial charge in [0.05, 0.1) is 6.04 Å². The second kappa shape index (κ2) is 9.56. The minimum Gasteiger partial charge on any atom is -0.349 e. The number of hydrogen-bond acceptors (Lipinski definition) is 2. The lowest BCUT2D eigenvalue weighted by molar-refractivity contribution is -0.125. The minimum absolute atomic E-state index is 0.0223. The topological polar surface area (TPSA) is 55.1 Å². The van der Waals surface area contributed by atoms with Gasteiger partial charge in [-0.3, -0.25) is 4.79 Å². The van der Waals surface area contributed by atoms with Gasteiger partial charge in [0.25, 0.3) is 0 Å². The fourth-order valence-electron chi connectivity index (χ4n) is 2.74. The maximum Gasteiger partial charge on any atom is 0.223 e. The number of nitrogens with two attached hydrogens (primary N) is 1. The van der Waals surface area contributed by atoms with Gasteiger partial charge in [0.15, 0.2) is 0 Å². The third-order valence-corrected chi connectivity index (χ3v) is 4.27. The first kappa shape index (κ1) is 17.7. The second-order valence-corrected chi connectivity index (χ2v) is 5.81. The van der Waals surface area contributed by atoms with E-state index in [-0.39, 0.29) is 17.9 Å². The highest BCUT2D eigenvalue weighted by Crippen LogP contribution is 2.27. The first-order chi connectivity index (χ1) is 10.1. The highest BCUT2D eigenvalue weighted by atomic mass is 16.1. The summed E-state index contributed by atoms with van der Waals surface area (Å²) in [6.45, 7) is 7.01. The van der Waals surface area contributed by atoms with Crippen LogP contribution in [0.3, 0.4) is 0 Å². The normalized spacial score (nSPS) is 14.0. The maximum absolute atomic E-state index is 12.4. The predicted molar refractivity (Wildman–Crippen MR) is 88.9 cm³/mol. The molecule has 0 radical (unpaired) electrons. The van der Waals surface area contributed by atoms with Crippen molar-refractivity contribution in [1.82, 2.24) is 5.32 Å². The molecule has 0 spiro atoms. The van der Waals surface area contributed by atoms with Crippen LogP contribution in [0.15, 0.2) is 30.3 Å². The van der Waals surface area contributed by atoms with Crippen LogP contribution in [0.1, 0.15) is 58.1 Å². The Kier molecular flexibility index (Phi) is 8.06. The summed E-state index contributed by atoms with van der Waals surface area (Å²) in [5.74, 6) is 0.636. The van der Waals surface area contributed by atoms with Crippen LogP contribution < -0.4 is 11.1 Å². The summed E-state index contributed by atoms with van der Waals surface area (Å²) in [5, 5.41) is 3.26. The SMILES string of the molecule is CCC(CC)C(NC(=O)C(C)CCCN)c1ccccc1. The Hall–Kier alpha value is -1.35. The summed E-state index contributed by atoms with van der Waals surface area (Å²) >= 11 is 0. The van der Waals surface area contributed by atoms with Crippen LogP contribution in [0.4, 0.5) is 0 Å². The fourth-order valence-corrected chi connectivity index (χ4v) is 2.74. The number of nitrogens with one attached hydrogen (secondary N) is 1. The van der Waals surface area contributed by atoms with Crippen molar-refractivity contribution in [2.75, 3.05) is 6.54 Å². The van der Waals surface area contributed by atoms with Crippen molar-refractivity contribution < 1.29 is 4.79 Å². The standard InChI is InChI=1S/C18H30N2O/c1-4-15(5-2)17(16-11-7-6-8-12-16)20-18(21)14(3)10-9-13-19/h6-8,11-12,14-15,17H,4-5,9-10,13,19H2,1-3H3,(H,20,21). The molecule has 2 unspecified atom stereocenters. The van der Waals surface area contributed by atoms with Crippen molar-refractivity contribution in [2.45, 2.75) is 52.5 Å². The van der Waals surface area contributed by atoms with Gasteiger partial charge in [-0.25, -0.2) is 0 Å². The Balaban J connectivity index is 2.80. The summed E-state index contributed by atoms with van der Waals surface area (Å²) in [4.78, 5) is 12.4. The molecule has 0 aliphatic heterocycles. The van der Waals surface area contributed by atoms with E-state index in [0.717, 1.165) is 25.7 Å². The zero-order valence-electron chi connectivity index (χ0n) is 13.6. The van der Waals surface area contributed by atoms with Gasteiger partial charge in [0, 0.05) is 5.92 Å². The van der Waals surface area contributed by atoms with E-state index in [1.54, 1.807) is 0 Å². The molecule has 0 heterocycles. The molecule has 3 nitrogen and oxygen atoms in total. The molecule has 1 aromatic carbocycles. The fraction of sp³-hybridized carbons (Fsp3) is 0.611. The minimum atomic E-state index is 0.0223. The van der Waals surface area contributed by atoms with Gasteiger partial charge in [0.1, 0.15) is 0 Å². The van der Waals surface area contributed by atoms with Crippen LogP contribution in [-0.2, 0) is 4.79 Å². The van der Waals surface area contributed by atoms with E-state index in [1.807, 2.05) is 25.1 Å². The van der Waals surface area contributed by atoms with Gasteiger partial charge >= 0.3 is 0 Å². The highest BCUT2D eigenvalue weighted by Gasteiger charge is 2.24. The molecule has 0 bridgehead atoms. The predicted octanol–water partition coefficient (Wildman–Crippen LogP) is 3.66. The van der Waals surface area contributed by atoms with E-state index in [9.17, 15) is 4.79 Å². The molecule has 0 aliphatic rings. The quantitative estimate of drug-likeness (QED) is 0.729. The summed E-state index contributed by atoms with van der Waals surface area (Å²) in [5.41, 5.74) is 6.73. The number of benzene rings is 1. The first-order valence-electron chi connectivity index (χ1n) is 8.19. The van der Waals surface area contributed by atoms with E-state index < -0.39 is 0 Å². The molecule has 0 aromatic heterocycles. The number of carbonyl (C=O) groups is 1. The van der Waals surface area contributed by atoms with Gasteiger partial charge in [-0.15, -0.1) is 0 Å². The third kappa shape index (κ3) is 5.50. The monoisotopic (exact) mass is 290 g/mol. The van der Waals surface area contributed by atoms with Crippen LogP contribution >= 0.6 is 0 Å². The van der Waals surface area contributed by atoms with Gasteiger partial charge < -0.3 is 11.1 Å². The van der Waals surface area contributed by atoms with Crippen LogP contribution in [0.2, 0.25) is 0 Å². The average Bonchev–Trinajstić information content (AvgIpc) is 2.53. The van der Waals surface area contributed by atoms with Crippen LogP contribution in [0.5, 0.6) is 0 Å². The van der Waals surface area contributed by atoms with Crippen molar-refractivity contribution in [2.24, 2.45) is 17.6 Å². The average molecular weight is 290 g/mol. The molecule has 1 amide bonds. The first-order valence-corrected chi connectivity index (χ1v) is 8.19. The lowest BCUT2D eigenvalue weighted by Crippen LogP contribution is -2.36. The number of carbonyl (C=O) groups excluding carboxylic acids is 1. The summed E-state index contributed by atoms with van der Waals surface area (Å²) in [6.07, 6.45) is 3.88. The Morgan fingerprint density at radius 2 is 1.81 bits per heavy atom. The molecule has 2 atom stereocenters. The van der Waals surface area contributed by atoms with E-state index in [4.69, 9.17) is 5.73 Å². The summed E-state index contributed by atoms with van der Waals surface area (Å²) in [6, 6.07) is 10.4. The molecule has 1 aromatic rings. The van der Waals surface area contributed by atoms with Crippen molar-refractivity contribution in [3.8, 4) is 0 Å². The molecule has 1 rings (SSSR count). The molecular weight excluding hydrogens is 260 g/mol. The van der Waals surface area contributed by atoms with E-state index in [1.165, 1.54) is 5.56 Å². The lowest BCUT2D eigenvalue weighted by atomic mass is 9.88. The molecule has 21 heavy (non-hydrogen) atoms. The number of hydrogen-bond donors (Lipinski definition) is 2. The zero-order chi connectivity index (χ0) is 15.7. The molecular formula is C18H30N2O. The molecule has 118 valence electrons. The largest absolute Gasteiger partial charge is 0.349 e. The number of amides is 1. The van der Waals surface area contributed by atoms with Crippen molar-refractivity contribution in [3.05, 3.63) is 35.9 Å². The van der Waals surface area contributed by atoms with Gasteiger partial charge in [-0.1, -0.05) is 63.9 Å². The Morgan fingerprint density at radius 3 is 2.33 bits per heavy atom. The molecule has 3 heteroatoms. The van der Waals surface area contributed by atoms with Gasteiger partial charge in [-0.2, -0.15) is 0 Å². The van der Waals surface area contributed by atoms with Gasteiger partial charge in [-0.05, 0) is 30.9 Å². The van der Waals surface area contributed by atoms with E-state index in [0.29, 0.717) is 12.5 Å². The Morgan fingerprint density at radius 1 is 1.19 bits per heavy atom. The highest BCUT2D eigenvalue weighted by molar-refractivity contribution is 5.78. The third-order valence-electron chi connectivity index (χ3n) is 4.27. The molecule has 3 N–H and O–H groups in total. The molecule has 0 saturated heterocycles. The molecule has 0 saturated carbocycles. The van der Waals surface area contributed by atoms with Crippen LogP contribution in [-0.4, -0.2) is 12.5 Å². The smallest absolute Gasteiger partial charge is 0.223 e. The van der Waals surface area contributed by atoms with E-state index in [2.05, 4.69) is 31.3 Å². The molecule has 0 fully saturated rings. The lowest BCUT2D eigenvalue weighted by Gasteiger charge is -2.28. The van der Waals surface area contributed by atoms with Crippen LogP contribution in [0, 0.1) is 11.8 Å². The second-order valence-electron chi connectivity index (χ2n) is 5.81. The van der Waals surface area contributed by atoms with Crippen molar-refractivity contribution in [1.29, 1.82) is 0 Å². The summed E-state index contributed by atoms with van der Waals surface area (Å²) in [7, 11) is 0. The van der Waals surface area contributed by atoms with Gasteiger partial charge in [0.2, 0.25) is 5.91 Å². The summed E-state index contributed by atoms with van der Waals surface area (Å²) < 4.78 is 0.